The molecule has 15 heavy (non-hydrogen) atoms. The summed E-state index contributed by atoms with van der Waals surface area (Å²) in [5, 5.41) is 0. The molecule has 0 spiro atoms. The second kappa shape index (κ2) is 6.67. The fourth-order valence-corrected chi connectivity index (χ4v) is 3.34. The van der Waals surface area contributed by atoms with E-state index in [2.05, 4.69) is 0 Å². The Labute approximate surface area is 93.1 Å². The molecule has 0 aromatic heterocycles. The molecule has 0 heterocycles. The molecule has 4 heteroatoms. The molecule has 0 radical (unpaired) electrons. The van der Waals surface area contributed by atoms with Crippen LogP contribution in [0.3, 0.4) is 0 Å². The minimum atomic E-state index is -2.79. The van der Waals surface area contributed by atoms with E-state index in [-0.39, 0.29) is 6.10 Å². The first kappa shape index (κ1) is 13.2. The highest BCUT2D eigenvalue weighted by molar-refractivity contribution is 7.53. The molecule has 0 aromatic rings. The number of hydrogen-bond donors (Lipinski definition) is 0. The van der Waals surface area contributed by atoms with Gasteiger partial charge < -0.3 is 9.05 Å². The van der Waals surface area contributed by atoms with Gasteiger partial charge in [0, 0.05) is 6.66 Å². The van der Waals surface area contributed by atoms with Gasteiger partial charge >= 0.3 is 7.60 Å². The molecule has 1 fully saturated rings. The van der Waals surface area contributed by atoms with Crippen molar-refractivity contribution in [2.75, 3.05) is 13.3 Å². The molecule has 1 atom stereocenters. The van der Waals surface area contributed by atoms with Crippen LogP contribution in [0.15, 0.2) is 0 Å². The van der Waals surface area contributed by atoms with E-state index in [0.29, 0.717) is 6.61 Å². The summed E-state index contributed by atoms with van der Waals surface area (Å²) in [6.45, 7) is 3.88. The zero-order chi connectivity index (χ0) is 11.1. The predicted octanol–water partition coefficient (Wildman–Crippen LogP) is 3.98. The molecule has 0 amide bonds. The normalized spacial score (nSPS) is 24.1. The second-order valence-corrected chi connectivity index (χ2v) is 6.27. The number of hydrogen-bond acceptors (Lipinski definition) is 3. The molecule has 0 bridgehead atoms. The fourth-order valence-electron chi connectivity index (χ4n) is 2.06. The monoisotopic (exact) mass is 234 g/mol. The maximum absolute atomic E-state index is 11.8. The Morgan fingerprint density at radius 3 is 2.20 bits per heavy atom. The van der Waals surface area contributed by atoms with Crippen LogP contribution in [-0.2, 0) is 13.6 Å². The Balaban J connectivity index is 2.37. The van der Waals surface area contributed by atoms with Crippen molar-refractivity contribution in [1.82, 2.24) is 0 Å². The van der Waals surface area contributed by atoms with Crippen LogP contribution >= 0.6 is 7.60 Å². The maximum atomic E-state index is 11.8. The quantitative estimate of drug-likeness (QED) is 0.690. The Bertz CT molecular complexity index is 210. The lowest BCUT2D eigenvalue weighted by atomic mass is 9.99. The zero-order valence-electron chi connectivity index (χ0n) is 9.91. The van der Waals surface area contributed by atoms with Gasteiger partial charge in [-0.3, -0.25) is 4.57 Å². The first-order valence-corrected chi connectivity index (χ1v) is 8.03. The molecule has 1 rings (SSSR count). The van der Waals surface area contributed by atoms with Gasteiger partial charge in [0.15, 0.2) is 0 Å². The van der Waals surface area contributed by atoms with Crippen LogP contribution in [0.25, 0.3) is 0 Å². The predicted molar refractivity (Wildman–Crippen MR) is 62.3 cm³/mol. The third-order valence-corrected chi connectivity index (χ3v) is 4.16. The molecule has 1 saturated carbocycles. The van der Waals surface area contributed by atoms with Gasteiger partial charge in [0.25, 0.3) is 0 Å². The summed E-state index contributed by atoms with van der Waals surface area (Å²) < 4.78 is 22.6. The fraction of sp³-hybridized carbons (Fsp3) is 1.00. The van der Waals surface area contributed by atoms with Crippen molar-refractivity contribution in [3.63, 3.8) is 0 Å². The minimum Gasteiger partial charge on any atom is -0.309 e. The van der Waals surface area contributed by atoms with E-state index >= 15 is 0 Å². The molecule has 0 aromatic carbocycles. The van der Waals surface area contributed by atoms with Crippen molar-refractivity contribution >= 4 is 7.60 Å². The highest BCUT2D eigenvalue weighted by atomic mass is 31.2. The van der Waals surface area contributed by atoms with Crippen LogP contribution in [0, 0.1) is 0 Å². The van der Waals surface area contributed by atoms with Crippen molar-refractivity contribution in [3.05, 3.63) is 0 Å². The van der Waals surface area contributed by atoms with E-state index in [9.17, 15) is 4.57 Å². The maximum Gasteiger partial charge on any atom is 0.327 e. The van der Waals surface area contributed by atoms with Gasteiger partial charge in [-0.25, -0.2) is 0 Å². The summed E-state index contributed by atoms with van der Waals surface area (Å²) in [6.07, 6.45) is 8.49. The summed E-state index contributed by atoms with van der Waals surface area (Å²) in [7, 11) is -2.79. The summed E-state index contributed by atoms with van der Waals surface area (Å²) in [5.74, 6) is 0. The summed E-state index contributed by atoms with van der Waals surface area (Å²) in [5.41, 5.74) is 0. The molecule has 0 saturated heterocycles. The average Bonchev–Trinajstić information content (AvgIpc) is 2.09. The standard InChI is InChI=1S/C11H23O3P/c1-3-13-15(2,12)14-11-9-7-5-4-6-8-10-11/h11H,3-10H2,1-2H3. The van der Waals surface area contributed by atoms with Crippen molar-refractivity contribution in [1.29, 1.82) is 0 Å². The lowest BCUT2D eigenvalue weighted by molar-refractivity contribution is 0.130. The van der Waals surface area contributed by atoms with E-state index in [1.54, 1.807) is 6.66 Å². The first-order valence-electron chi connectivity index (χ1n) is 6.04. The van der Waals surface area contributed by atoms with E-state index in [4.69, 9.17) is 9.05 Å². The summed E-state index contributed by atoms with van der Waals surface area (Å²) in [4.78, 5) is 0. The van der Waals surface area contributed by atoms with Gasteiger partial charge in [0.05, 0.1) is 12.7 Å². The van der Waals surface area contributed by atoms with Crippen LogP contribution in [-0.4, -0.2) is 19.4 Å². The van der Waals surface area contributed by atoms with E-state index in [1.165, 1.54) is 32.1 Å². The van der Waals surface area contributed by atoms with Gasteiger partial charge in [-0.15, -0.1) is 0 Å². The molecule has 1 aliphatic carbocycles. The highest BCUT2D eigenvalue weighted by Gasteiger charge is 2.22. The van der Waals surface area contributed by atoms with Crippen LogP contribution in [0.1, 0.15) is 51.9 Å². The Kier molecular flexibility index (Phi) is 5.88. The average molecular weight is 234 g/mol. The summed E-state index contributed by atoms with van der Waals surface area (Å²) >= 11 is 0. The smallest absolute Gasteiger partial charge is 0.309 e. The molecule has 90 valence electrons. The molecular formula is C11H23O3P. The highest BCUT2D eigenvalue weighted by Crippen LogP contribution is 2.46. The van der Waals surface area contributed by atoms with E-state index in [0.717, 1.165) is 12.8 Å². The third-order valence-electron chi connectivity index (χ3n) is 2.76. The lowest BCUT2D eigenvalue weighted by Gasteiger charge is -2.23. The Hall–Kier alpha value is 0.150. The van der Waals surface area contributed by atoms with Crippen LogP contribution in [0.2, 0.25) is 0 Å². The van der Waals surface area contributed by atoms with Crippen LogP contribution in [0.4, 0.5) is 0 Å². The van der Waals surface area contributed by atoms with Gasteiger partial charge in [0.1, 0.15) is 0 Å². The van der Waals surface area contributed by atoms with E-state index in [1.807, 2.05) is 6.92 Å². The minimum absolute atomic E-state index is 0.146. The lowest BCUT2D eigenvalue weighted by Crippen LogP contribution is -2.13. The van der Waals surface area contributed by atoms with Gasteiger partial charge in [-0.2, -0.15) is 0 Å². The van der Waals surface area contributed by atoms with Gasteiger partial charge in [0.2, 0.25) is 0 Å². The largest absolute Gasteiger partial charge is 0.327 e. The summed E-state index contributed by atoms with van der Waals surface area (Å²) in [6, 6.07) is 0. The van der Waals surface area contributed by atoms with Crippen molar-refractivity contribution in [2.24, 2.45) is 0 Å². The van der Waals surface area contributed by atoms with Crippen LogP contribution in [0.5, 0.6) is 0 Å². The van der Waals surface area contributed by atoms with Crippen molar-refractivity contribution < 1.29 is 13.6 Å². The first-order chi connectivity index (χ1) is 7.14. The Morgan fingerprint density at radius 1 is 1.13 bits per heavy atom. The SMILES string of the molecule is CCOP(C)(=O)OC1CCCCCCC1. The van der Waals surface area contributed by atoms with Crippen molar-refractivity contribution in [3.8, 4) is 0 Å². The molecule has 0 aliphatic heterocycles. The number of rotatable bonds is 4. The van der Waals surface area contributed by atoms with Crippen molar-refractivity contribution in [2.45, 2.75) is 58.0 Å². The second-order valence-electron chi connectivity index (χ2n) is 4.26. The molecule has 1 unspecified atom stereocenters. The molecule has 0 N–H and O–H groups in total. The molecular weight excluding hydrogens is 211 g/mol. The molecule has 3 nitrogen and oxygen atoms in total. The zero-order valence-corrected chi connectivity index (χ0v) is 10.8. The molecule has 1 aliphatic rings. The van der Waals surface area contributed by atoms with Crippen LogP contribution < -0.4 is 0 Å². The Morgan fingerprint density at radius 2 is 1.67 bits per heavy atom. The topological polar surface area (TPSA) is 35.5 Å². The van der Waals surface area contributed by atoms with Gasteiger partial charge in [-0.1, -0.05) is 32.1 Å². The van der Waals surface area contributed by atoms with E-state index < -0.39 is 7.60 Å². The van der Waals surface area contributed by atoms with Gasteiger partial charge in [-0.05, 0) is 19.8 Å². The third kappa shape index (κ3) is 5.70.